The molecule has 0 atom stereocenters. The van der Waals surface area contributed by atoms with Crippen molar-refractivity contribution >= 4 is 27.5 Å². The first-order valence-electron chi connectivity index (χ1n) is 3.65. The molecule has 1 heterocycles. The molecule has 13 heavy (non-hydrogen) atoms. The SMILES string of the molecule is CN(C)C(=O)c1ncc(Br)cc1N. The molecule has 1 aromatic heterocycles. The number of nitrogens with two attached hydrogens (primary N) is 1. The highest BCUT2D eigenvalue weighted by molar-refractivity contribution is 9.10. The van der Waals surface area contributed by atoms with Crippen LogP contribution in [0.5, 0.6) is 0 Å². The number of nitrogen functional groups attached to an aromatic ring is 1. The van der Waals surface area contributed by atoms with Crippen molar-refractivity contribution < 1.29 is 4.79 Å². The Labute approximate surface area is 84.9 Å². The van der Waals surface area contributed by atoms with Crippen molar-refractivity contribution in [3.63, 3.8) is 0 Å². The molecule has 0 bridgehead atoms. The van der Waals surface area contributed by atoms with Crippen molar-refractivity contribution in [3.8, 4) is 0 Å². The molecule has 0 radical (unpaired) electrons. The molecule has 0 fully saturated rings. The quantitative estimate of drug-likeness (QED) is 0.805. The minimum atomic E-state index is -0.190. The largest absolute Gasteiger partial charge is 0.397 e. The average Bonchev–Trinajstić information content (AvgIpc) is 2.03. The summed E-state index contributed by atoms with van der Waals surface area (Å²) in [5.41, 5.74) is 6.29. The number of aromatic nitrogens is 1. The van der Waals surface area contributed by atoms with Crippen LogP contribution in [-0.4, -0.2) is 29.9 Å². The number of carbonyl (C=O) groups is 1. The minimum Gasteiger partial charge on any atom is -0.397 e. The van der Waals surface area contributed by atoms with Crippen LogP contribution in [0.3, 0.4) is 0 Å². The summed E-state index contributed by atoms with van der Waals surface area (Å²) < 4.78 is 0.764. The molecule has 5 heteroatoms. The summed E-state index contributed by atoms with van der Waals surface area (Å²) in [7, 11) is 3.32. The lowest BCUT2D eigenvalue weighted by Crippen LogP contribution is -2.23. The Hall–Kier alpha value is -1.10. The fourth-order valence-electron chi connectivity index (χ4n) is 0.845. The van der Waals surface area contributed by atoms with Gasteiger partial charge in [-0.3, -0.25) is 4.79 Å². The summed E-state index contributed by atoms with van der Waals surface area (Å²) in [5.74, 6) is -0.190. The summed E-state index contributed by atoms with van der Waals surface area (Å²) in [6.45, 7) is 0. The van der Waals surface area contributed by atoms with Gasteiger partial charge in [-0.2, -0.15) is 0 Å². The lowest BCUT2D eigenvalue weighted by atomic mass is 10.3. The molecular formula is C8H10BrN3O. The zero-order valence-electron chi connectivity index (χ0n) is 7.41. The van der Waals surface area contributed by atoms with Crippen molar-refractivity contribution in [1.82, 2.24) is 9.88 Å². The number of carbonyl (C=O) groups excluding carboxylic acids is 1. The molecule has 1 rings (SSSR count). The third-order valence-electron chi connectivity index (χ3n) is 1.49. The molecule has 0 aromatic carbocycles. The van der Waals surface area contributed by atoms with Crippen molar-refractivity contribution in [2.24, 2.45) is 0 Å². The zero-order chi connectivity index (χ0) is 10.0. The van der Waals surface area contributed by atoms with Crippen molar-refractivity contribution in [1.29, 1.82) is 0 Å². The molecule has 0 saturated carbocycles. The van der Waals surface area contributed by atoms with Crippen LogP contribution in [0.15, 0.2) is 16.7 Å². The monoisotopic (exact) mass is 243 g/mol. The van der Waals surface area contributed by atoms with Gasteiger partial charge in [0, 0.05) is 24.8 Å². The van der Waals surface area contributed by atoms with Crippen LogP contribution >= 0.6 is 15.9 Å². The molecule has 0 aliphatic heterocycles. The second-order valence-electron chi connectivity index (χ2n) is 2.79. The number of anilines is 1. The van der Waals surface area contributed by atoms with E-state index in [4.69, 9.17) is 5.73 Å². The van der Waals surface area contributed by atoms with Crippen LogP contribution in [-0.2, 0) is 0 Å². The van der Waals surface area contributed by atoms with Crippen molar-refractivity contribution in [3.05, 3.63) is 22.4 Å². The van der Waals surface area contributed by atoms with Gasteiger partial charge in [-0.25, -0.2) is 4.98 Å². The van der Waals surface area contributed by atoms with E-state index >= 15 is 0 Å². The van der Waals surface area contributed by atoms with E-state index < -0.39 is 0 Å². The Morgan fingerprint density at radius 2 is 2.23 bits per heavy atom. The summed E-state index contributed by atoms with van der Waals surface area (Å²) >= 11 is 3.22. The average molecular weight is 244 g/mol. The predicted octanol–water partition coefficient (Wildman–Crippen LogP) is 1.13. The molecule has 0 spiro atoms. The molecular weight excluding hydrogens is 234 g/mol. The van der Waals surface area contributed by atoms with E-state index in [1.165, 1.54) is 4.90 Å². The van der Waals surface area contributed by atoms with Gasteiger partial charge in [0.05, 0.1) is 5.69 Å². The minimum absolute atomic E-state index is 0.190. The maximum absolute atomic E-state index is 11.4. The number of pyridine rings is 1. The van der Waals surface area contributed by atoms with Gasteiger partial charge in [-0.1, -0.05) is 0 Å². The number of hydrogen-bond donors (Lipinski definition) is 1. The highest BCUT2D eigenvalue weighted by atomic mass is 79.9. The maximum Gasteiger partial charge on any atom is 0.274 e. The van der Waals surface area contributed by atoms with Gasteiger partial charge < -0.3 is 10.6 Å². The van der Waals surface area contributed by atoms with E-state index in [0.29, 0.717) is 5.69 Å². The normalized spacial score (nSPS) is 9.77. The Morgan fingerprint density at radius 1 is 1.62 bits per heavy atom. The smallest absolute Gasteiger partial charge is 0.274 e. The fraction of sp³-hybridized carbons (Fsp3) is 0.250. The topological polar surface area (TPSA) is 59.2 Å². The third kappa shape index (κ3) is 2.18. The molecule has 0 saturated heterocycles. The molecule has 0 unspecified atom stereocenters. The fourth-order valence-corrected chi connectivity index (χ4v) is 1.19. The third-order valence-corrected chi connectivity index (χ3v) is 1.93. The molecule has 0 aliphatic carbocycles. The van der Waals surface area contributed by atoms with Crippen LogP contribution in [0.25, 0.3) is 0 Å². The molecule has 1 aromatic rings. The van der Waals surface area contributed by atoms with Gasteiger partial charge in [-0.15, -0.1) is 0 Å². The summed E-state index contributed by atoms with van der Waals surface area (Å²) in [4.78, 5) is 16.8. The molecule has 2 N–H and O–H groups in total. The lowest BCUT2D eigenvalue weighted by Gasteiger charge is -2.10. The Morgan fingerprint density at radius 3 is 2.69 bits per heavy atom. The van der Waals surface area contributed by atoms with Crippen LogP contribution in [0.1, 0.15) is 10.5 Å². The van der Waals surface area contributed by atoms with Gasteiger partial charge in [0.25, 0.3) is 5.91 Å². The van der Waals surface area contributed by atoms with Crippen LogP contribution < -0.4 is 5.73 Å². The standard InChI is InChI=1S/C8H10BrN3O/c1-12(2)8(13)7-6(10)3-5(9)4-11-7/h3-4H,10H2,1-2H3. The van der Waals surface area contributed by atoms with Crippen LogP contribution in [0.4, 0.5) is 5.69 Å². The second-order valence-corrected chi connectivity index (χ2v) is 3.71. The van der Waals surface area contributed by atoms with E-state index in [2.05, 4.69) is 20.9 Å². The highest BCUT2D eigenvalue weighted by Gasteiger charge is 2.12. The first-order valence-corrected chi connectivity index (χ1v) is 4.44. The number of amides is 1. The summed E-state index contributed by atoms with van der Waals surface area (Å²) in [6.07, 6.45) is 1.55. The Kier molecular flexibility index (Phi) is 2.87. The molecule has 1 amide bonds. The molecule has 0 aliphatic rings. The van der Waals surface area contributed by atoms with E-state index in [9.17, 15) is 4.79 Å². The number of rotatable bonds is 1. The second kappa shape index (κ2) is 3.74. The maximum atomic E-state index is 11.4. The highest BCUT2D eigenvalue weighted by Crippen LogP contribution is 2.16. The van der Waals surface area contributed by atoms with E-state index in [1.807, 2.05) is 0 Å². The van der Waals surface area contributed by atoms with Crippen molar-refractivity contribution in [2.75, 3.05) is 19.8 Å². The zero-order valence-corrected chi connectivity index (χ0v) is 9.00. The van der Waals surface area contributed by atoms with E-state index in [1.54, 1.807) is 26.4 Å². The van der Waals surface area contributed by atoms with E-state index in [0.717, 1.165) is 4.47 Å². The first-order chi connectivity index (χ1) is 6.02. The van der Waals surface area contributed by atoms with Crippen LogP contribution in [0, 0.1) is 0 Å². The van der Waals surface area contributed by atoms with Crippen molar-refractivity contribution in [2.45, 2.75) is 0 Å². The van der Waals surface area contributed by atoms with Gasteiger partial charge >= 0.3 is 0 Å². The first kappa shape index (κ1) is 9.98. The Balaban J connectivity index is 3.09. The van der Waals surface area contributed by atoms with E-state index in [-0.39, 0.29) is 11.6 Å². The molecule has 4 nitrogen and oxygen atoms in total. The Bertz CT molecular complexity index is 338. The predicted molar refractivity (Wildman–Crippen MR) is 54.4 cm³/mol. The number of hydrogen-bond acceptors (Lipinski definition) is 3. The lowest BCUT2D eigenvalue weighted by molar-refractivity contribution is 0.0823. The number of nitrogens with zero attached hydrogens (tertiary/aromatic N) is 2. The van der Waals surface area contributed by atoms with Gasteiger partial charge in [-0.05, 0) is 22.0 Å². The van der Waals surface area contributed by atoms with Gasteiger partial charge in [0.15, 0.2) is 5.69 Å². The van der Waals surface area contributed by atoms with Gasteiger partial charge in [0.1, 0.15) is 0 Å². The van der Waals surface area contributed by atoms with Gasteiger partial charge in [0.2, 0.25) is 0 Å². The summed E-state index contributed by atoms with van der Waals surface area (Å²) in [6, 6.07) is 1.66. The van der Waals surface area contributed by atoms with Crippen LogP contribution in [0.2, 0.25) is 0 Å². The number of halogens is 1. The summed E-state index contributed by atoms with van der Waals surface area (Å²) in [5, 5.41) is 0. The molecule has 70 valence electrons.